The van der Waals surface area contributed by atoms with E-state index in [-0.39, 0.29) is 11.2 Å². The number of fused-ring (bicyclic) bond motifs is 5. The summed E-state index contributed by atoms with van der Waals surface area (Å²) in [6, 6.07) is 5.17. The molecule has 2 saturated carbocycles. The highest BCUT2D eigenvalue weighted by molar-refractivity contribution is 7.81. The van der Waals surface area contributed by atoms with Gasteiger partial charge in [0, 0.05) is 17.8 Å². The number of carbonyl (C=O) groups is 1. The number of hydrogen-bond acceptors (Lipinski definition) is 4. The highest BCUT2D eigenvalue weighted by Crippen LogP contribution is 2.57. The summed E-state index contributed by atoms with van der Waals surface area (Å²) in [5, 5.41) is 0. The molecule has 3 aliphatic rings. The van der Waals surface area contributed by atoms with Gasteiger partial charge in [-0.1, -0.05) is 24.6 Å². The Hall–Kier alpha value is -1.66. The summed E-state index contributed by atoms with van der Waals surface area (Å²) in [6.07, 6.45) is 6.38. The lowest BCUT2D eigenvalue weighted by atomic mass is 9.60. The van der Waals surface area contributed by atoms with Crippen LogP contribution in [0.25, 0.3) is 0 Å². The molecule has 0 heterocycles. The van der Waals surface area contributed by atoms with Crippen molar-refractivity contribution in [3.63, 3.8) is 0 Å². The van der Waals surface area contributed by atoms with Crippen LogP contribution in [0.2, 0.25) is 0 Å². The number of ketones is 1. The van der Waals surface area contributed by atoms with Crippen molar-refractivity contribution in [1.82, 2.24) is 0 Å². The maximum Gasteiger partial charge on any atom is 0.446 e. The summed E-state index contributed by atoms with van der Waals surface area (Å²) in [5.74, 6) is 1.17. The summed E-state index contributed by atoms with van der Waals surface area (Å²) in [4.78, 5) is 12.3. The molecular formula is C18H20O5S. The van der Waals surface area contributed by atoms with Gasteiger partial charge in [-0.05, 0) is 54.9 Å². The van der Waals surface area contributed by atoms with Crippen molar-refractivity contribution in [2.45, 2.75) is 44.9 Å². The Labute approximate surface area is 141 Å². The summed E-state index contributed by atoms with van der Waals surface area (Å²) in [5.41, 5.74) is 3.40. The summed E-state index contributed by atoms with van der Waals surface area (Å²) in [6.45, 7) is 2.11. The highest BCUT2D eigenvalue weighted by Gasteiger charge is 2.52. The standard InChI is InChI=1S/C18H20O5S/c1-18-9-8-14-13-5-3-12(23-24(20,21)22)10-11(13)2-4-15(14)16(18)6-7-17(18)19/h3-5,10,14,16H,2,6-9H2,1H3,(H,20,21,22)/t14-,16+,18+/m1/s1. The highest BCUT2D eigenvalue weighted by atomic mass is 32.3. The zero-order chi connectivity index (χ0) is 17.1. The molecule has 5 nitrogen and oxygen atoms in total. The van der Waals surface area contributed by atoms with E-state index in [1.54, 1.807) is 12.1 Å². The Morgan fingerprint density at radius 3 is 2.83 bits per heavy atom. The van der Waals surface area contributed by atoms with Gasteiger partial charge in [-0.25, -0.2) is 0 Å². The number of rotatable bonds is 2. The molecular weight excluding hydrogens is 328 g/mol. The van der Waals surface area contributed by atoms with Crippen LogP contribution in [0.5, 0.6) is 5.75 Å². The zero-order valence-electron chi connectivity index (χ0n) is 13.5. The molecule has 0 amide bonds. The van der Waals surface area contributed by atoms with E-state index in [0.29, 0.717) is 30.5 Å². The van der Waals surface area contributed by atoms with E-state index in [1.807, 2.05) is 6.07 Å². The molecule has 3 atom stereocenters. The lowest BCUT2D eigenvalue weighted by molar-refractivity contribution is -0.126. The zero-order valence-corrected chi connectivity index (χ0v) is 14.3. The fraction of sp³-hybridized carbons (Fsp3) is 0.500. The van der Waals surface area contributed by atoms with Crippen LogP contribution in [0.15, 0.2) is 29.8 Å². The van der Waals surface area contributed by atoms with Gasteiger partial charge in [0.2, 0.25) is 0 Å². The molecule has 128 valence electrons. The smallest absolute Gasteiger partial charge is 0.362 e. The molecule has 0 saturated heterocycles. The van der Waals surface area contributed by atoms with Crippen LogP contribution >= 0.6 is 0 Å². The molecule has 0 unspecified atom stereocenters. The minimum Gasteiger partial charge on any atom is -0.362 e. The number of allylic oxidation sites excluding steroid dienone is 2. The van der Waals surface area contributed by atoms with Crippen LogP contribution < -0.4 is 4.18 Å². The molecule has 0 spiro atoms. The van der Waals surface area contributed by atoms with Gasteiger partial charge in [-0.3, -0.25) is 9.35 Å². The van der Waals surface area contributed by atoms with Crippen LogP contribution in [-0.2, 0) is 21.6 Å². The van der Waals surface area contributed by atoms with Gasteiger partial charge < -0.3 is 4.18 Å². The number of Topliss-reactive ketones (excluding diaryl/α,β-unsaturated/α-hetero) is 1. The normalized spacial score (nSPS) is 31.8. The molecule has 2 fully saturated rings. The first-order valence-electron chi connectivity index (χ1n) is 8.31. The molecule has 4 rings (SSSR count). The minimum absolute atomic E-state index is 0.129. The van der Waals surface area contributed by atoms with Crippen LogP contribution in [-0.4, -0.2) is 18.8 Å². The lowest BCUT2D eigenvalue weighted by Gasteiger charge is -2.43. The minimum atomic E-state index is -4.51. The van der Waals surface area contributed by atoms with Crippen molar-refractivity contribution >= 4 is 16.2 Å². The summed E-state index contributed by atoms with van der Waals surface area (Å²) >= 11 is 0. The monoisotopic (exact) mass is 348 g/mol. The molecule has 6 heteroatoms. The van der Waals surface area contributed by atoms with E-state index >= 15 is 0 Å². The molecule has 0 radical (unpaired) electrons. The number of carbonyl (C=O) groups excluding carboxylic acids is 1. The fourth-order valence-corrected chi connectivity index (χ4v) is 5.24. The molecule has 1 aromatic carbocycles. The third-order valence-electron chi connectivity index (χ3n) is 6.07. The largest absolute Gasteiger partial charge is 0.446 e. The van der Waals surface area contributed by atoms with Gasteiger partial charge in [0.05, 0.1) is 0 Å². The van der Waals surface area contributed by atoms with Crippen molar-refractivity contribution in [1.29, 1.82) is 0 Å². The Morgan fingerprint density at radius 2 is 2.08 bits per heavy atom. The second-order valence-corrected chi connectivity index (χ2v) is 8.33. The van der Waals surface area contributed by atoms with E-state index in [1.165, 1.54) is 11.1 Å². The van der Waals surface area contributed by atoms with E-state index in [0.717, 1.165) is 24.8 Å². The molecule has 3 aliphatic carbocycles. The van der Waals surface area contributed by atoms with Crippen LogP contribution in [0.4, 0.5) is 0 Å². The first-order valence-corrected chi connectivity index (χ1v) is 9.67. The van der Waals surface area contributed by atoms with Gasteiger partial charge in [0.25, 0.3) is 0 Å². The molecule has 0 bridgehead atoms. The Kier molecular flexibility index (Phi) is 3.41. The third kappa shape index (κ3) is 2.40. The third-order valence-corrected chi connectivity index (χ3v) is 6.48. The van der Waals surface area contributed by atoms with Crippen LogP contribution in [0, 0.1) is 11.3 Å². The fourth-order valence-electron chi connectivity index (χ4n) is 4.90. The van der Waals surface area contributed by atoms with E-state index < -0.39 is 10.4 Å². The van der Waals surface area contributed by atoms with Crippen LogP contribution in [0.3, 0.4) is 0 Å². The van der Waals surface area contributed by atoms with E-state index in [2.05, 4.69) is 17.2 Å². The quantitative estimate of drug-likeness (QED) is 0.656. The van der Waals surface area contributed by atoms with Crippen molar-refractivity contribution in [3.05, 3.63) is 41.0 Å². The molecule has 1 N–H and O–H groups in total. The van der Waals surface area contributed by atoms with E-state index in [4.69, 9.17) is 4.55 Å². The van der Waals surface area contributed by atoms with E-state index in [9.17, 15) is 13.2 Å². The number of hydrogen-bond donors (Lipinski definition) is 1. The molecule has 0 aromatic heterocycles. The molecule has 1 aromatic rings. The van der Waals surface area contributed by atoms with Crippen molar-refractivity contribution in [2.24, 2.45) is 11.3 Å². The lowest BCUT2D eigenvalue weighted by Crippen LogP contribution is -2.37. The van der Waals surface area contributed by atoms with Gasteiger partial charge in [-0.15, -0.1) is 0 Å². The first kappa shape index (κ1) is 15.8. The number of benzene rings is 1. The summed E-state index contributed by atoms with van der Waals surface area (Å²) < 4.78 is 35.1. The Morgan fingerprint density at radius 1 is 1.29 bits per heavy atom. The predicted octanol–water partition coefficient (Wildman–Crippen LogP) is 3.21. The Bertz CT molecular complexity index is 854. The molecule has 0 aliphatic heterocycles. The topological polar surface area (TPSA) is 80.7 Å². The van der Waals surface area contributed by atoms with Gasteiger partial charge in [0.15, 0.2) is 0 Å². The molecule has 24 heavy (non-hydrogen) atoms. The Balaban J connectivity index is 1.68. The first-order chi connectivity index (χ1) is 11.3. The van der Waals surface area contributed by atoms with Crippen molar-refractivity contribution in [3.8, 4) is 5.75 Å². The maximum atomic E-state index is 12.3. The van der Waals surface area contributed by atoms with Crippen LogP contribution in [0.1, 0.15) is 49.7 Å². The van der Waals surface area contributed by atoms with Gasteiger partial charge in [-0.2, -0.15) is 8.42 Å². The average Bonchev–Trinajstić information content (AvgIpc) is 2.81. The van der Waals surface area contributed by atoms with Gasteiger partial charge in [0.1, 0.15) is 11.5 Å². The van der Waals surface area contributed by atoms with Crippen molar-refractivity contribution < 1.29 is 21.9 Å². The van der Waals surface area contributed by atoms with Crippen molar-refractivity contribution in [2.75, 3.05) is 0 Å². The maximum absolute atomic E-state index is 12.3. The SMILES string of the molecule is C[C@]12CC[C@H]3C(=CCc4cc(OS(=O)(=O)O)ccc43)[C@@H]1CCC2=O. The average molecular weight is 348 g/mol. The predicted molar refractivity (Wildman–Crippen MR) is 88.2 cm³/mol. The second kappa shape index (κ2) is 5.17. The second-order valence-electron chi connectivity index (χ2n) is 7.30. The summed E-state index contributed by atoms with van der Waals surface area (Å²) in [7, 11) is -4.51. The van der Waals surface area contributed by atoms with Gasteiger partial charge >= 0.3 is 10.4 Å².